The number of benzene rings is 3. The molecule has 3 aromatic carbocycles. The van der Waals surface area contributed by atoms with E-state index in [-0.39, 0.29) is 5.91 Å². The van der Waals surface area contributed by atoms with Crippen LogP contribution < -0.4 is 5.32 Å². The first kappa shape index (κ1) is 20.2. The van der Waals surface area contributed by atoms with Crippen molar-refractivity contribution in [3.63, 3.8) is 0 Å². The van der Waals surface area contributed by atoms with Crippen molar-refractivity contribution >= 4 is 44.1 Å². The zero-order valence-corrected chi connectivity index (χ0v) is 18.0. The molecule has 7 heteroatoms. The second-order valence-electron chi connectivity index (χ2n) is 7.13. The Morgan fingerprint density at radius 2 is 1.67 bits per heavy atom. The maximum Gasteiger partial charge on any atom is 0.257 e. The molecule has 0 aliphatic carbocycles. The lowest BCUT2D eigenvalue weighted by Crippen LogP contribution is -2.13. The average Bonchev–Trinajstić information content (AvgIpc) is 3.08. The molecular weight excluding hydrogens is 420 g/mol. The van der Waals surface area contributed by atoms with Gasteiger partial charge in [-0.1, -0.05) is 53.6 Å². The van der Waals surface area contributed by atoms with Gasteiger partial charge in [-0.25, -0.2) is 12.4 Å². The summed E-state index contributed by atoms with van der Waals surface area (Å²) in [7, 11) is -3.55. The van der Waals surface area contributed by atoms with E-state index >= 15 is 0 Å². The van der Waals surface area contributed by atoms with Crippen molar-refractivity contribution in [1.82, 2.24) is 3.97 Å². The molecule has 0 saturated heterocycles. The lowest BCUT2D eigenvalue weighted by molar-refractivity contribution is 0.102. The predicted octanol–water partition coefficient (Wildman–Crippen LogP) is 5.33. The van der Waals surface area contributed by atoms with Gasteiger partial charge in [0.1, 0.15) is 0 Å². The first-order valence-corrected chi connectivity index (χ1v) is 11.5. The van der Waals surface area contributed by atoms with E-state index in [2.05, 4.69) is 5.32 Å². The molecule has 5 nitrogen and oxygen atoms in total. The molecule has 30 heavy (non-hydrogen) atoms. The molecule has 1 amide bonds. The van der Waals surface area contributed by atoms with Crippen molar-refractivity contribution in [2.45, 2.75) is 6.92 Å². The van der Waals surface area contributed by atoms with Gasteiger partial charge in [0.25, 0.3) is 5.91 Å². The Hall–Kier alpha value is -3.09. The number of nitrogens with zero attached hydrogens (tertiary/aromatic N) is 1. The highest BCUT2D eigenvalue weighted by atomic mass is 35.5. The van der Waals surface area contributed by atoms with E-state index in [0.29, 0.717) is 32.9 Å². The number of aromatic nitrogens is 1. The minimum absolute atomic E-state index is 0.332. The van der Waals surface area contributed by atoms with Crippen molar-refractivity contribution in [2.24, 2.45) is 0 Å². The number of aryl methyl sites for hydroxylation is 1. The highest BCUT2D eigenvalue weighted by Gasteiger charge is 2.18. The van der Waals surface area contributed by atoms with Crippen LogP contribution in [0.1, 0.15) is 15.9 Å². The van der Waals surface area contributed by atoms with Gasteiger partial charge in [-0.2, -0.15) is 0 Å². The molecule has 0 unspecified atom stereocenters. The Labute approximate surface area is 180 Å². The molecule has 0 spiro atoms. The highest BCUT2D eigenvalue weighted by Crippen LogP contribution is 2.32. The second kappa shape index (κ2) is 7.63. The molecule has 0 fully saturated rings. The molecule has 1 heterocycles. The summed E-state index contributed by atoms with van der Waals surface area (Å²) in [5.74, 6) is -0.332. The fraction of sp³-hybridized carbons (Fsp3) is 0.0870. The fourth-order valence-corrected chi connectivity index (χ4v) is 4.66. The first-order valence-electron chi connectivity index (χ1n) is 9.23. The third-order valence-corrected chi connectivity index (χ3v) is 6.20. The Bertz CT molecular complexity index is 1370. The number of amides is 1. The van der Waals surface area contributed by atoms with E-state index in [1.54, 1.807) is 42.5 Å². The van der Waals surface area contributed by atoms with Gasteiger partial charge in [0.05, 0.1) is 28.1 Å². The van der Waals surface area contributed by atoms with Crippen LogP contribution in [0, 0.1) is 6.92 Å². The number of anilines is 1. The molecule has 0 aliphatic rings. The molecule has 4 aromatic rings. The molecule has 152 valence electrons. The van der Waals surface area contributed by atoms with Crippen LogP contribution in [-0.2, 0) is 10.0 Å². The first-order chi connectivity index (χ1) is 14.2. The van der Waals surface area contributed by atoms with Crippen LogP contribution >= 0.6 is 11.6 Å². The Balaban J connectivity index is 1.79. The summed E-state index contributed by atoms with van der Waals surface area (Å²) in [4.78, 5) is 12.6. The van der Waals surface area contributed by atoms with Crippen molar-refractivity contribution in [2.75, 3.05) is 11.6 Å². The largest absolute Gasteiger partial charge is 0.322 e. The number of nitrogens with one attached hydrogen (secondary N) is 1. The number of halogens is 1. The van der Waals surface area contributed by atoms with Crippen LogP contribution in [0.25, 0.3) is 22.2 Å². The Morgan fingerprint density at radius 3 is 2.33 bits per heavy atom. The quantitative estimate of drug-likeness (QED) is 0.468. The molecule has 0 atom stereocenters. The van der Waals surface area contributed by atoms with Crippen molar-refractivity contribution < 1.29 is 13.2 Å². The molecule has 0 radical (unpaired) electrons. The van der Waals surface area contributed by atoms with Crippen molar-refractivity contribution in [3.8, 4) is 11.3 Å². The van der Waals surface area contributed by atoms with E-state index in [1.165, 1.54) is 10.2 Å². The van der Waals surface area contributed by atoms with Gasteiger partial charge in [-0.3, -0.25) is 4.79 Å². The maximum atomic E-state index is 12.6. The number of carbonyl (C=O) groups excluding carboxylic acids is 1. The predicted molar refractivity (Wildman–Crippen MR) is 122 cm³/mol. The Morgan fingerprint density at radius 1 is 0.967 bits per heavy atom. The van der Waals surface area contributed by atoms with Crippen LogP contribution in [-0.4, -0.2) is 24.6 Å². The second-order valence-corrected chi connectivity index (χ2v) is 9.37. The zero-order chi connectivity index (χ0) is 21.5. The number of carbonyl (C=O) groups is 1. The van der Waals surface area contributed by atoms with Crippen molar-refractivity contribution in [1.29, 1.82) is 0 Å². The van der Waals surface area contributed by atoms with Gasteiger partial charge < -0.3 is 5.32 Å². The van der Waals surface area contributed by atoms with Gasteiger partial charge >= 0.3 is 0 Å². The third kappa shape index (κ3) is 3.84. The minimum atomic E-state index is -3.55. The summed E-state index contributed by atoms with van der Waals surface area (Å²) >= 11 is 6.10. The topological polar surface area (TPSA) is 68.2 Å². The minimum Gasteiger partial charge on any atom is -0.322 e. The molecule has 1 aromatic heterocycles. The lowest BCUT2D eigenvalue weighted by Gasteiger charge is -2.10. The fourth-order valence-electron chi connectivity index (χ4n) is 3.39. The lowest BCUT2D eigenvalue weighted by atomic mass is 10.1. The third-order valence-electron chi connectivity index (χ3n) is 4.81. The normalized spacial score (nSPS) is 11.6. The summed E-state index contributed by atoms with van der Waals surface area (Å²) in [6, 6.07) is 21.4. The monoisotopic (exact) mass is 438 g/mol. The number of rotatable bonds is 4. The summed E-state index contributed by atoms with van der Waals surface area (Å²) in [5, 5.41) is 3.89. The average molecular weight is 439 g/mol. The van der Waals surface area contributed by atoms with Gasteiger partial charge in [-0.05, 0) is 48.9 Å². The number of hydrogen-bond acceptors (Lipinski definition) is 3. The summed E-state index contributed by atoms with van der Waals surface area (Å²) in [6.07, 6.45) is 1.18. The molecule has 4 rings (SSSR count). The van der Waals surface area contributed by atoms with Crippen LogP contribution in [0.2, 0.25) is 5.02 Å². The summed E-state index contributed by atoms with van der Waals surface area (Å²) < 4.78 is 26.4. The van der Waals surface area contributed by atoms with Crippen LogP contribution in [0.3, 0.4) is 0 Å². The highest BCUT2D eigenvalue weighted by molar-refractivity contribution is 7.89. The van der Waals surface area contributed by atoms with E-state index in [9.17, 15) is 13.2 Å². The van der Waals surface area contributed by atoms with E-state index in [0.717, 1.165) is 11.1 Å². The standard InChI is InChI=1S/C23H19ClN2O3S/c1-15-7-9-16(10-8-15)22-14-17-13-18(11-12-21(17)26(22)30(2,28)29)25-23(27)19-5-3-4-6-20(19)24/h3-14H,1-2H3,(H,25,27). The van der Waals surface area contributed by atoms with Crippen LogP contribution in [0.15, 0.2) is 72.8 Å². The van der Waals surface area contributed by atoms with Gasteiger partial charge in [-0.15, -0.1) is 0 Å². The summed E-state index contributed by atoms with van der Waals surface area (Å²) in [5.41, 5.74) is 3.92. The maximum absolute atomic E-state index is 12.6. The van der Waals surface area contributed by atoms with Crippen molar-refractivity contribution in [3.05, 3.63) is 88.9 Å². The van der Waals surface area contributed by atoms with Gasteiger partial charge in [0, 0.05) is 11.1 Å². The van der Waals surface area contributed by atoms with E-state index in [4.69, 9.17) is 11.6 Å². The van der Waals surface area contributed by atoms with Gasteiger partial charge in [0.15, 0.2) is 0 Å². The molecule has 1 N–H and O–H groups in total. The number of fused-ring (bicyclic) bond motifs is 1. The number of hydrogen-bond donors (Lipinski definition) is 1. The zero-order valence-electron chi connectivity index (χ0n) is 16.4. The molecule has 0 saturated carbocycles. The van der Waals surface area contributed by atoms with Crippen LogP contribution in [0.5, 0.6) is 0 Å². The smallest absolute Gasteiger partial charge is 0.257 e. The van der Waals surface area contributed by atoms with Gasteiger partial charge in [0.2, 0.25) is 10.0 Å². The molecular formula is C23H19ClN2O3S. The summed E-state index contributed by atoms with van der Waals surface area (Å²) in [6.45, 7) is 1.98. The van der Waals surface area contributed by atoms with Crippen LogP contribution in [0.4, 0.5) is 5.69 Å². The molecule has 0 aliphatic heterocycles. The van der Waals surface area contributed by atoms with E-state index in [1.807, 2.05) is 37.3 Å². The molecule has 0 bridgehead atoms. The SMILES string of the molecule is Cc1ccc(-c2cc3cc(NC(=O)c4ccccc4Cl)ccc3n2S(C)(=O)=O)cc1. The Kier molecular flexibility index (Phi) is 5.13. The van der Waals surface area contributed by atoms with E-state index < -0.39 is 10.0 Å².